The van der Waals surface area contributed by atoms with Crippen molar-refractivity contribution in [3.63, 3.8) is 0 Å². The Bertz CT molecular complexity index is 1190. The van der Waals surface area contributed by atoms with Gasteiger partial charge in [-0.15, -0.1) is 0 Å². The van der Waals surface area contributed by atoms with Crippen LogP contribution in [0.3, 0.4) is 0 Å². The number of amides is 1. The molecular weight excluding hydrogens is 393 g/mol. The lowest BCUT2D eigenvalue weighted by atomic mass is 10.1. The minimum atomic E-state index is -0.278. The lowest BCUT2D eigenvalue weighted by Gasteiger charge is -2.09. The van der Waals surface area contributed by atoms with Gasteiger partial charge in [0, 0.05) is 18.3 Å². The van der Waals surface area contributed by atoms with Gasteiger partial charge < -0.3 is 10.1 Å². The predicted octanol–water partition coefficient (Wildman–Crippen LogP) is 4.66. The Morgan fingerprint density at radius 1 is 1.00 bits per heavy atom. The molecule has 0 radical (unpaired) electrons. The van der Waals surface area contributed by atoms with Gasteiger partial charge in [-0.1, -0.05) is 48.5 Å². The molecular formula is C25H22FN3O2. The monoisotopic (exact) mass is 415 g/mol. The lowest BCUT2D eigenvalue weighted by molar-refractivity contribution is 0.0954. The number of halogens is 1. The second-order valence-electron chi connectivity index (χ2n) is 6.97. The molecule has 0 fully saturated rings. The van der Waals surface area contributed by atoms with Crippen molar-refractivity contribution in [2.45, 2.75) is 6.42 Å². The standard InChI is InChI=1S/C25H22FN3O2/c1-31-23-14-8-6-12-20(23)24-21(17-29(28-24)19-10-3-2-4-11-19)25(30)27-16-15-18-9-5-7-13-22(18)26/h2-14,17H,15-16H2,1H3,(H,27,30). The molecule has 0 aliphatic carbocycles. The number of benzene rings is 3. The molecule has 1 heterocycles. The van der Waals surface area contributed by atoms with Crippen LogP contribution in [0.25, 0.3) is 16.9 Å². The zero-order valence-corrected chi connectivity index (χ0v) is 17.1. The second-order valence-corrected chi connectivity index (χ2v) is 6.97. The van der Waals surface area contributed by atoms with E-state index < -0.39 is 0 Å². The Hall–Kier alpha value is -3.93. The van der Waals surface area contributed by atoms with Crippen LogP contribution < -0.4 is 10.1 Å². The first-order chi connectivity index (χ1) is 15.2. The molecule has 3 aromatic carbocycles. The molecule has 0 aliphatic rings. The number of rotatable bonds is 7. The van der Waals surface area contributed by atoms with Crippen molar-refractivity contribution in [2.24, 2.45) is 0 Å². The summed E-state index contributed by atoms with van der Waals surface area (Å²) in [5.41, 5.74) is 3.06. The van der Waals surface area contributed by atoms with E-state index in [2.05, 4.69) is 10.4 Å². The number of hydrogen-bond acceptors (Lipinski definition) is 3. The van der Waals surface area contributed by atoms with Gasteiger partial charge in [-0.25, -0.2) is 9.07 Å². The number of hydrogen-bond donors (Lipinski definition) is 1. The first kappa shape index (κ1) is 20.3. The number of ether oxygens (including phenoxy) is 1. The molecule has 4 aromatic rings. The maximum Gasteiger partial charge on any atom is 0.255 e. The normalized spacial score (nSPS) is 10.6. The molecule has 31 heavy (non-hydrogen) atoms. The fourth-order valence-electron chi connectivity index (χ4n) is 3.40. The maximum atomic E-state index is 13.9. The summed E-state index contributed by atoms with van der Waals surface area (Å²) < 4.78 is 21.0. The summed E-state index contributed by atoms with van der Waals surface area (Å²) in [5.74, 6) is 0.0731. The summed E-state index contributed by atoms with van der Waals surface area (Å²) in [6.45, 7) is 0.307. The number of para-hydroxylation sites is 2. The topological polar surface area (TPSA) is 56.2 Å². The first-order valence-corrected chi connectivity index (χ1v) is 9.97. The van der Waals surface area contributed by atoms with Crippen molar-refractivity contribution >= 4 is 5.91 Å². The molecule has 0 aliphatic heterocycles. The van der Waals surface area contributed by atoms with Crippen LogP contribution in [-0.4, -0.2) is 29.3 Å². The van der Waals surface area contributed by atoms with Crippen LogP contribution in [0.15, 0.2) is 85.1 Å². The number of carbonyl (C=O) groups is 1. The third-order valence-electron chi connectivity index (χ3n) is 4.98. The summed E-state index contributed by atoms with van der Waals surface area (Å²) in [7, 11) is 1.58. The molecule has 4 rings (SSSR count). The van der Waals surface area contributed by atoms with Gasteiger partial charge in [0.1, 0.15) is 17.3 Å². The number of nitrogens with zero attached hydrogens (tertiary/aromatic N) is 2. The third-order valence-corrected chi connectivity index (χ3v) is 4.98. The Labute approximate surface area is 180 Å². The zero-order valence-electron chi connectivity index (χ0n) is 17.1. The van der Waals surface area contributed by atoms with Gasteiger partial charge in [0.25, 0.3) is 5.91 Å². The van der Waals surface area contributed by atoms with Crippen LogP contribution in [0.4, 0.5) is 4.39 Å². The Balaban J connectivity index is 1.64. The average Bonchev–Trinajstić information content (AvgIpc) is 3.26. The molecule has 1 amide bonds. The number of methoxy groups -OCH3 is 1. The van der Waals surface area contributed by atoms with Gasteiger partial charge in [0.15, 0.2) is 0 Å². The Morgan fingerprint density at radius 3 is 2.48 bits per heavy atom. The highest BCUT2D eigenvalue weighted by atomic mass is 19.1. The molecule has 1 aromatic heterocycles. The van der Waals surface area contributed by atoms with Crippen molar-refractivity contribution in [3.05, 3.63) is 102 Å². The molecule has 0 atom stereocenters. The number of nitrogens with one attached hydrogen (secondary N) is 1. The van der Waals surface area contributed by atoms with E-state index in [0.717, 1.165) is 11.3 Å². The van der Waals surface area contributed by atoms with Crippen LogP contribution in [0, 0.1) is 5.82 Å². The van der Waals surface area contributed by atoms with Crippen LogP contribution in [0.2, 0.25) is 0 Å². The maximum absolute atomic E-state index is 13.9. The van der Waals surface area contributed by atoms with Crippen LogP contribution in [-0.2, 0) is 6.42 Å². The molecule has 0 saturated carbocycles. The minimum absolute atomic E-state index is 0.275. The van der Waals surface area contributed by atoms with Gasteiger partial charge in [0.2, 0.25) is 0 Å². The first-order valence-electron chi connectivity index (χ1n) is 9.97. The molecule has 0 saturated heterocycles. The summed E-state index contributed by atoms with van der Waals surface area (Å²) in [4.78, 5) is 13.1. The fraction of sp³-hybridized carbons (Fsp3) is 0.120. The molecule has 0 spiro atoms. The molecule has 0 bridgehead atoms. The Kier molecular flexibility index (Phi) is 6.08. The van der Waals surface area contributed by atoms with E-state index in [9.17, 15) is 9.18 Å². The highest BCUT2D eigenvalue weighted by Crippen LogP contribution is 2.31. The van der Waals surface area contributed by atoms with Crippen molar-refractivity contribution in [3.8, 4) is 22.7 Å². The molecule has 6 heteroatoms. The highest BCUT2D eigenvalue weighted by Gasteiger charge is 2.21. The zero-order chi connectivity index (χ0) is 21.6. The summed E-state index contributed by atoms with van der Waals surface area (Å²) in [6.07, 6.45) is 2.10. The highest BCUT2D eigenvalue weighted by molar-refractivity contribution is 6.00. The quantitative estimate of drug-likeness (QED) is 0.478. The van der Waals surface area contributed by atoms with Gasteiger partial charge >= 0.3 is 0 Å². The van der Waals surface area contributed by atoms with E-state index in [-0.39, 0.29) is 11.7 Å². The van der Waals surface area contributed by atoms with Crippen LogP contribution in [0.5, 0.6) is 5.75 Å². The van der Waals surface area contributed by atoms with Gasteiger partial charge in [-0.3, -0.25) is 4.79 Å². The molecule has 156 valence electrons. The van der Waals surface area contributed by atoms with Crippen molar-refractivity contribution in [1.82, 2.24) is 15.1 Å². The molecule has 1 N–H and O–H groups in total. The van der Waals surface area contributed by atoms with E-state index in [4.69, 9.17) is 4.74 Å². The SMILES string of the molecule is COc1ccccc1-c1nn(-c2ccccc2)cc1C(=O)NCCc1ccccc1F. The van der Waals surface area contributed by atoms with Crippen molar-refractivity contribution in [2.75, 3.05) is 13.7 Å². The van der Waals surface area contributed by atoms with E-state index in [1.807, 2.05) is 54.6 Å². The minimum Gasteiger partial charge on any atom is -0.496 e. The summed E-state index contributed by atoms with van der Waals surface area (Å²) in [6, 6.07) is 23.6. The van der Waals surface area contributed by atoms with Gasteiger partial charge in [-0.2, -0.15) is 5.10 Å². The summed E-state index contributed by atoms with van der Waals surface area (Å²) >= 11 is 0. The number of carbonyl (C=O) groups excluding carboxylic acids is 1. The van der Waals surface area contributed by atoms with Crippen molar-refractivity contribution in [1.29, 1.82) is 0 Å². The van der Waals surface area contributed by atoms with E-state index in [1.165, 1.54) is 6.07 Å². The smallest absolute Gasteiger partial charge is 0.255 e. The fourth-order valence-corrected chi connectivity index (χ4v) is 3.40. The van der Waals surface area contributed by atoms with Gasteiger partial charge in [0.05, 0.1) is 18.4 Å². The average molecular weight is 415 g/mol. The van der Waals surface area contributed by atoms with Crippen molar-refractivity contribution < 1.29 is 13.9 Å². The lowest BCUT2D eigenvalue weighted by Crippen LogP contribution is -2.26. The predicted molar refractivity (Wildman–Crippen MR) is 118 cm³/mol. The largest absolute Gasteiger partial charge is 0.496 e. The van der Waals surface area contributed by atoms with Crippen LogP contribution >= 0.6 is 0 Å². The molecule has 0 unspecified atom stereocenters. The Morgan fingerprint density at radius 2 is 1.71 bits per heavy atom. The summed E-state index contributed by atoms with van der Waals surface area (Å²) in [5, 5.41) is 7.56. The second kappa shape index (κ2) is 9.26. The third kappa shape index (κ3) is 4.48. The van der Waals surface area contributed by atoms with Gasteiger partial charge in [-0.05, 0) is 42.3 Å². The van der Waals surface area contributed by atoms with Crippen LogP contribution in [0.1, 0.15) is 15.9 Å². The molecule has 5 nitrogen and oxygen atoms in total. The number of aromatic nitrogens is 2. The van der Waals surface area contributed by atoms with E-state index in [1.54, 1.807) is 36.2 Å². The van der Waals surface area contributed by atoms with E-state index >= 15 is 0 Å². The van der Waals surface area contributed by atoms with E-state index in [0.29, 0.717) is 35.5 Å².